The molecule has 1 heterocycles. The second kappa shape index (κ2) is 4.18. The van der Waals surface area contributed by atoms with Crippen LogP contribution >= 0.6 is 22.9 Å². The Labute approximate surface area is 77.7 Å². The zero-order valence-electron chi connectivity index (χ0n) is 5.94. The molecule has 0 aliphatic rings. The van der Waals surface area contributed by atoms with E-state index in [1.165, 1.54) is 6.20 Å². The van der Waals surface area contributed by atoms with Crippen molar-refractivity contribution in [1.82, 2.24) is 4.98 Å². The smallest absolute Gasteiger partial charge is 0.257 e. The van der Waals surface area contributed by atoms with Gasteiger partial charge < -0.3 is 0 Å². The van der Waals surface area contributed by atoms with Gasteiger partial charge in [0.15, 0.2) is 0 Å². The van der Waals surface area contributed by atoms with Gasteiger partial charge in [-0.1, -0.05) is 6.08 Å². The maximum absolute atomic E-state index is 10.2. The average Bonchev–Trinajstić information content (AvgIpc) is 2.48. The van der Waals surface area contributed by atoms with E-state index < -0.39 is 4.92 Å². The summed E-state index contributed by atoms with van der Waals surface area (Å²) in [7, 11) is 0. The van der Waals surface area contributed by atoms with E-state index in [4.69, 9.17) is 11.6 Å². The van der Waals surface area contributed by atoms with Gasteiger partial charge in [0, 0.05) is 5.88 Å². The van der Waals surface area contributed by atoms with E-state index in [-0.39, 0.29) is 5.00 Å². The molecule has 0 saturated heterocycles. The van der Waals surface area contributed by atoms with Gasteiger partial charge in [-0.2, -0.15) is 0 Å². The van der Waals surface area contributed by atoms with Crippen molar-refractivity contribution in [3.05, 3.63) is 27.4 Å². The van der Waals surface area contributed by atoms with Crippen LogP contribution in [0.1, 0.15) is 5.01 Å². The Hall–Kier alpha value is -0.940. The summed E-state index contributed by atoms with van der Waals surface area (Å²) in [6.45, 7) is 0. The predicted molar refractivity (Wildman–Crippen MR) is 48.5 cm³/mol. The number of allylic oxidation sites excluding steroid dienone is 1. The van der Waals surface area contributed by atoms with Crippen molar-refractivity contribution in [2.75, 3.05) is 5.88 Å². The van der Waals surface area contributed by atoms with Crippen LogP contribution < -0.4 is 0 Å². The van der Waals surface area contributed by atoms with Crippen molar-refractivity contribution < 1.29 is 4.92 Å². The molecule has 0 radical (unpaired) electrons. The van der Waals surface area contributed by atoms with Gasteiger partial charge in [-0.25, -0.2) is 4.98 Å². The van der Waals surface area contributed by atoms with Crippen molar-refractivity contribution in [1.29, 1.82) is 0 Å². The molecule has 0 unspecified atom stereocenters. The molecule has 0 aliphatic carbocycles. The molecule has 6 heteroatoms. The molecule has 1 aromatic rings. The average molecular weight is 205 g/mol. The highest BCUT2D eigenvalue weighted by atomic mass is 35.5. The van der Waals surface area contributed by atoms with Crippen molar-refractivity contribution in [3.8, 4) is 0 Å². The zero-order chi connectivity index (χ0) is 8.97. The number of nitrogens with zero attached hydrogens (tertiary/aromatic N) is 2. The van der Waals surface area contributed by atoms with Gasteiger partial charge in [-0.05, 0) is 17.4 Å². The summed E-state index contributed by atoms with van der Waals surface area (Å²) in [4.78, 5) is 13.6. The molecule has 0 N–H and O–H groups in total. The number of halogens is 1. The zero-order valence-corrected chi connectivity index (χ0v) is 7.51. The van der Waals surface area contributed by atoms with E-state index in [1.54, 1.807) is 12.2 Å². The molecule has 4 nitrogen and oxygen atoms in total. The van der Waals surface area contributed by atoms with E-state index in [0.29, 0.717) is 10.9 Å². The van der Waals surface area contributed by atoms with Crippen molar-refractivity contribution >= 4 is 34.0 Å². The van der Waals surface area contributed by atoms with Gasteiger partial charge in [-0.3, -0.25) is 10.1 Å². The predicted octanol–water partition coefficient (Wildman–Crippen LogP) is 2.30. The highest BCUT2D eigenvalue weighted by molar-refractivity contribution is 7.15. The van der Waals surface area contributed by atoms with Gasteiger partial charge in [0.1, 0.15) is 11.2 Å². The topological polar surface area (TPSA) is 56.0 Å². The Balaban J connectivity index is 2.77. The van der Waals surface area contributed by atoms with Crippen LogP contribution in [0.5, 0.6) is 0 Å². The van der Waals surface area contributed by atoms with Crippen LogP contribution in [0.3, 0.4) is 0 Å². The fourth-order valence-corrected chi connectivity index (χ4v) is 1.34. The van der Waals surface area contributed by atoms with Gasteiger partial charge in [0.05, 0.1) is 4.92 Å². The van der Waals surface area contributed by atoms with E-state index in [9.17, 15) is 10.1 Å². The number of hydrogen-bond donors (Lipinski definition) is 0. The fraction of sp³-hybridized carbons (Fsp3) is 0.167. The van der Waals surface area contributed by atoms with Crippen LogP contribution in [0.4, 0.5) is 5.00 Å². The summed E-state index contributed by atoms with van der Waals surface area (Å²) in [5, 5.41) is 10.9. The highest BCUT2D eigenvalue weighted by Gasteiger charge is 2.08. The van der Waals surface area contributed by atoms with Gasteiger partial charge in [0.2, 0.25) is 0 Å². The molecule has 0 atom stereocenters. The van der Waals surface area contributed by atoms with Crippen molar-refractivity contribution in [2.24, 2.45) is 0 Å². The Morgan fingerprint density at radius 1 is 1.83 bits per heavy atom. The Morgan fingerprint density at radius 3 is 3.08 bits per heavy atom. The molecule has 0 saturated carbocycles. The monoisotopic (exact) mass is 204 g/mol. The summed E-state index contributed by atoms with van der Waals surface area (Å²) >= 11 is 6.40. The lowest BCUT2D eigenvalue weighted by molar-refractivity contribution is -0.380. The molecule has 1 aromatic heterocycles. The van der Waals surface area contributed by atoms with Crippen LogP contribution in [-0.4, -0.2) is 15.8 Å². The quantitative estimate of drug-likeness (QED) is 0.431. The minimum atomic E-state index is -0.463. The lowest BCUT2D eigenvalue weighted by Gasteiger charge is -1.78. The third-order valence-electron chi connectivity index (χ3n) is 1.04. The number of thiazole rings is 1. The van der Waals surface area contributed by atoms with Crippen LogP contribution in [0, 0.1) is 10.1 Å². The Kier molecular flexibility index (Phi) is 3.19. The number of hydrogen-bond acceptors (Lipinski definition) is 4. The lowest BCUT2D eigenvalue weighted by atomic mass is 10.5. The van der Waals surface area contributed by atoms with Crippen LogP contribution in [-0.2, 0) is 0 Å². The first-order valence-electron chi connectivity index (χ1n) is 3.07. The molecule has 0 fully saturated rings. The minimum absolute atomic E-state index is 0.0456. The van der Waals surface area contributed by atoms with Gasteiger partial charge in [-0.15, -0.1) is 11.6 Å². The second-order valence-corrected chi connectivity index (χ2v) is 3.20. The van der Waals surface area contributed by atoms with E-state index in [2.05, 4.69) is 4.98 Å². The van der Waals surface area contributed by atoms with Crippen molar-refractivity contribution in [2.45, 2.75) is 0 Å². The van der Waals surface area contributed by atoms with E-state index >= 15 is 0 Å². The maximum Gasteiger partial charge on any atom is 0.344 e. The summed E-state index contributed by atoms with van der Waals surface area (Å²) in [6, 6.07) is 0. The van der Waals surface area contributed by atoms with Gasteiger partial charge in [0.25, 0.3) is 0 Å². The third kappa shape index (κ3) is 2.28. The first-order chi connectivity index (χ1) is 5.74. The summed E-state index contributed by atoms with van der Waals surface area (Å²) < 4.78 is 0. The standard InChI is InChI=1S/C6H5ClN2O2S/c7-3-1-2-5-8-4-6(12-5)9(10)11/h1-2,4H,3H2. The molecule has 0 bridgehead atoms. The summed E-state index contributed by atoms with van der Waals surface area (Å²) in [6.07, 6.45) is 4.58. The van der Waals surface area contributed by atoms with Gasteiger partial charge >= 0.3 is 5.00 Å². The lowest BCUT2D eigenvalue weighted by Crippen LogP contribution is -1.80. The SMILES string of the molecule is O=[N+]([O-])c1cnc(C=CCCl)s1. The summed E-state index contributed by atoms with van der Waals surface area (Å²) in [5.41, 5.74) is 0. The minimum Gasteiger partial charge on any atom is -0.257 e. The number of alkyl halides is 1. The Morgan fingerprint density at radius 2 is 2.58 bits per heavy atom. The number of nitro groups is 1. The number of rotatable bonds is 3. The van der Waals surface area contributed by atoms with Crippen LogP contribution in [0.15, 0.2) is 12.3 Å². The first kappa shape index (κ1) is 9.15. The molecular weight excluding hydrogens is 200 g/mol. The molecule has 0 aromatic carbocycles. The summed E-state index contributed by atoms with van der Waals surface area (Å²) in [5.74, 6) is 0.382. The third-order valence-corrected chi connectivity index (χ3v) is 2.13. The molecule has 12 heavy (non-hydrogen) atoms. The normalized spacial score (nSPS) is 10.8. The fourth-order valence-electron chi connectivity index (χ4n) is 0.586. The Bertz CT molecular complexity index is 310. The van der Waals surface area contributed by atoms with E-state index in [0.717, 1.165) is 11.3 Å². The highest BCUT2D eigenvalue weighted by Crippen LogP contribution is 2.21. The largest absolute Gasteiger partial charge is 0.344 e. The molecule has 0 amide bonds. The van der Waals surface area contributed by atoms with Crippen LogP contribution in [0.25, 0.3) is 6.08 Å². The van der Waals surface area contributed by atoms with E-state index in [1.807, 2.05) is 0 Å². The molecule has 0 aliphatic heterocycles. The maximum atomic E-state index is 10.2. The van der Waals surface area contributed by atoms with Crippen LogP contribution in [0.2, 0.25) is 0 Å². The molecule has 0 spiro atoms. The van der Waals surface area contributed by atoms with Crippen molar-refractivity contribution in [3.63, 3.8) is 0 Å². The molecular formula is C6H5ClN2O2S. The second-order valence-electron chi connectivity index (χ2n) is 1.85. The molecule has 64 valence electrons. The first-order valence-corrected chi connectivity index (χ1v) is 4.42. The molecule has 1 rings (SSSR count). The number of aromatic nitrogens is 1.